The first-order chi connectivity index (χ1) is 14.9. The highest BCUT2D eigenvalue weighted by Gasteiger charge is 2.31. The number of thiocarbonyl (C=S) groups is 1. The summed E-state index contributed by atoms with van der Waals surface area (Å²) in [6.45, 7) is 2.92. The fourth-order valence-electron chi connectivity index (χ4n) is 3.40. The molecule has 0 spiro atoms. The van der Waals surface area contributed by atoms with Crippen LogP contribution in [0, 0.1) is 5.82 Å². The van der Waals surface area contributed by atoms with Crippen LogP contribution in [0.15, 0.2) is 47.4 Å². The van der Waals surface area contributed by atoms with E-state index in [0.717, 1.165) is 17.3 Å². The minimum atomic E-state index is -0.501. The molecule has 2 aliphatic heterocycles. The predicted molar refractivity (Wildman–Crippen MR) is 120 cm³/mol. The number of likely N-dealkylation sites (N-methyl/N-ethyl adjacent to an activating group) is 1. The van der Waals surface area contributed by atoms with Crippen molar-refractivity contribution in [2.24, 2.45) is 0 Å². The largest absolute Gasteiger partial charge is 0.457 e. The molecule has 0 saturated carbocycles. The van der Waals surface area contributed by atoms with Gasteiger partial charge in [0.25, 0.3) is 5.91 Å². The predicted octanol–water partition coefficient (Wildman–Crippen LogP) is 4.49. The number of halogens is 1. The number of carbonyl (C=O) groups excluding carboxylic acids is 2. The summed E-state index contributed by atoms with van der Waals surface area (Å²) < 4.78 is 25.7. The van der Waals surface area contributed by atoms with Crippen LogP contribution in [0.25, 0.3) is 6.08 Å². The maximum Gasteiger partial charge on any atom is 0.410 e. The van der Waals surface area contributed by atoms with Gasteiger partial charge >= 0.3 is 6.09 Å². The Balaban J connectivity index is 1.41. The lowest BCUT2D eigenvalue weighted by Crippen LogP contribution is -2.34. The van der Waals surface area contributed by atoms with Crippen LogP contribution >= 0.6 is 24.0 Å². The Hall–Kier alpha value is -2.91. The molecule has 31 heavy (non-hydrogen) atoms. The summed E-state index contributed by atoms with van der Waals surface area (Å²) in [7, 11) is 0. The topological polar surface area (TPSA) is 67.9 Å². The van der Waals surface area contributed by atoms with Crippen LogP contribution in [0.2, 0.25) is 0 Å². The van der Waals surface area contributed by atoms with Gasteiger partial charge in [0.15, 0.2) is 0 Å². The second kappa shape index (κ2) is 9.07. The Labute approximate surface area is 188 Å². The van der Waals surface area contributed by atoms with Crippen LogP contribution in [0.1, 0.15) is 18.1 Å². The molecule has 9 heteroatoms. The van der Waals surface area contributed by atoms with E-state index in [9.17, 15) is 14.0 Å². The van der Waals surface area contributed by atoms with E-state index in [0.29, 0.717) is 40.3 Å². The number of carbonyl (C=O) groups is 2. The molecule has 0 radical (unpaired) electrons. The molecular formula is C22H19FN2O4S2. The van der Waals surface area contributed by atoms with Gasteiger partial charge < -0.3 is 19.7 Å². The Bertz CT molecular complexity index is 1070. The van der Waals surface area contributed by atoms with Crippen molar-refractivity contribution < 1.29 is 23.5 Å². The van der Waals surface area contributed by atoms with Crippen LogP contribution in [0.3, 0.4) is 0 Å². The van der Waals surface area contributed by atoms with Crippen LogP contribution in [-0.2, 0) is 16.0 Å². The molecule has 1 atom stereocenters. The summed E-state index contributed by atoms with van der Waals surface area (Å²) >= 11 is 6.04. The van der Waals surface area contributed by atoms with Gasteiger partial charge in [0.05, 0.1) is 10.9 Å². The van der Waals surface area contributed by atoms with Gasteiger partial charge in [0, 0.05) is 18.2 Å². The quantitative estimate of drug-likeness (QED) is 0.508. The van der Waals surface area contributed by atoms with Crippen molar-refractivity contribution in [3.8, 4) is 11.5 Å². The number of hydrogen-bond acceptors (Lipinski definition) is 6. The molecule has 4 rings (SSSR count). The zero-order valence-corrected chi connectivity index (χ0v) is 18.2. The van der Waals surface area contributed by atoms with Crippen molar-refractivity contribution in [2.45, 2.75) is 19.4 Å². The molecule has 2 aromatic carbocycles. The molecule has 1 N–H and O–H groups in total. The van der Waals surface area contributed by atoms with Crippen molar-refractivity contribution >= 4 is 46.4 Å². The summed E-state index contributed by atoms with van der Waals surface area (Å²) in [5.74, 6) is 0.0821. The zero-order chi connectivity index (χ0) is 22.0. The van der Waals surface area contributed by atoms with Gasteiger partial charge in [0.1, 0.15) is 28.2 Å². The van der Waals surface area contributed by atoms with Gasteiger partial charge in [0.2, 0.25) is 0 Å². The van der Waals surface area contributed by atoms with Crippen LogP contribution in [0.5, 0.6) is 11.5 Å². The molecule has 2 amide bonds. The second-order valence-corrected chi connectivity index (χ2v) is 8.72. The summed E-state index contributed by atoms with van der Waals surface area (Å²) in [5.41, 5.74) is 1.33. The van der Waals surface area contributed by atoms with Crippen LogP contribution in [0.4, 0.5) is 9.18 Å². The molecule has 0 bridgehead atoms. The highest BCUT2D eigenvalue weighted by atomic mass is 32.2. The smallest absolute Gasteiger partial charge is 0.410 e. The third kappa shape index (κ3) is 4.88. The first-order valence-corrected chi connectivity index (χ1v) is 10.9. The number of nitrogens with one attached hydrogen (secondary N) is 1. The Morgan fingerprint density at radius 3 is 2.65 bits per heavy atom. The number of rotatable bonds is 6. The van der Waals surface area contributed by atoms with Crippen molar-refractivity contribution in [3.63, 3.8) is 0 Å². The first kappa shape index (κ1) is 21.3. The maximum atomic E-state index is 14.5. The van der Waals surface area contributed by atoms with E-state index in [1.54, 1.807) is 29.2 Å². The van der Waals surface area contributed by atoms with Gasteiger partial charge in [-0.15, -0.1) is 0 Å². The fourth-order valence-corrected chi connectivity index (χ4v) is 4.43. The minimum absolute atomic E-state index is 0.0227. The van der Waals surface area contributed by atoms with E-state index in [1.807, 2.05) is 19.1 Å². The lowest BCUT2D eigenvalue weighted by molar-refractivity contribution is -0.115. The molecule has 2 aliphatic rings. The fraction of sp³-hybridized carbons (Fsp3) is 0.227. The number of amides is 2. The van der Waals surface area contributed by atoms with E-state index in [-0.39, 0.29) is 23.6 Å². The minimum Gasteiger partial charge on any atom is -0.457 e. The molecule has 6 nitrogen and oxygen atoms in total. The van der Waals surface area contributed by atoms with Crippen LogP contribution < -0.4 is 10.1 Å². The number of nitrogens with zero attached hydrogens (tertiary/aromatic N) is 1. The molecular weight excluding hydrogens is 439 g/mol. The van der Waals surface area contributed by atoms with Gasteiger partial charge in [-0.05, 0) is 49.2 Å². The van der Waals surface area contributed by atoms with Crippen molar-refractivity contribution in [1.82, 2.24) is 10.2 Å². The Kier molecular flexibility index (Phi) is 6.24. The number of thioether (sulfide) groups is 1. The maximum absolute atomic E-state index is 14.5. The van der Waals surface area contributed by atoms with Crippen molar-refractivity contribution in [3.05, 3.63) is 64.3 Å². The Morgan fingerprint density at radius 1 is 1.26 bits per heavy atom. The highest BCUT2D eigenvalue weighted by Crippen LogP contribution is 2.29. The van der Waals surface area contributed by atoms with E-state index in [4.69, 9.17) is 21.7 Å². The van der Waals surface area contributed by atoms with Gasteiger partial charge in [-0.25, -0.2) is 9.18 Å². The third-order valence-corrected chi connectivity index (χ3v) is 6.11. The number of benzene rings is 2. The number of hydrogen-bond donors (Lipinski definition) is 1. The van der Waals surface area contributed by atoms with E-state index >= 15 is 0 Å². The van der Waals surface area contributed by atoms with Gasteiger partial charge in [-0.3, -0.25) is 4.79 Å². The summed E-state index contributed by atoms with van der Waals surface area (Å²) in [6, 6.07) is 11.9. The number of ether oxygens (including phenoxy) is 2. The lowest BCUT2D eigenvalue weighted by Gasteiger charge is -2.19. The molecule has 0 aromatic heterocycles. The standard InChI is InChI=1S/C22H19FN2O4S2/c1-2-25-15(12-28-22(25)27)9-13-3-6-16(7-4-13)29-17-8-5-14(18(23)11-17)10-19-20(26)24-21(30)31-19/h3-8,10-11,15H,2,9,12H2,1H3,(H,24,26,30)/b19-10-. The average Bonchev–Trinajstić information content (AvgIpc) is 3.25. The molecule has 2 saturated heterocycles. The van der Waals surface area contributed by atoms with Crippen molar-refractivity contribution in [2.75, 3.05) is 13.2 Å². The normalized spacial score (nSPS) is 19.7. The molecule has 2 aromatic rings. The van der Waals surface area contributed by atoms with Crippen molar-refractivity contribution in [1.29, 1.82) is 0 Å². The van der Waals surface area contributed by atoms with E-state index in [1.165, 1.54) is 12.1 Å². The monoisotopic (exact) mass is 458 g/mol. The highest BCUT2D eigenvalue weighted by molar-refractivity contribution is 8.26. The second-order valence-electron chi connectivity index (χ2n) is 7.00. The van der Waals surface area contributed by atoms with Gasteiger partial charge in [-0.2, -0.15) is 0 Å². The molecule has 2 heterocycles. The summed E-state index contributed by atoms with van der Waals surface area (Å²) in [5, 5.41) is 2.50. The third-order valence-electron chi connectivity index (χ3n) is 4.95. The van der Waals surface area contributed by atoms with Gasteiger partial charge in [-0.1, -0.05) is 36.1 Å². The van der Waals surface area contributed by atoms with E-state index in [2.05, 4.69) is 5.32 Å². The summed E-state index contributed by atoms with van der Waals surface area (Å²) in [6.07, 6.45) is 1.88. The average molecular weight is 459 g/mol. The molecule has 0 aliphatic carbocycles. The molecule has 160 valence electrons. The Morgan fingerprint density at radius 2 is 2.00 bits per heavy atom. The zero-order valence-electron chi connectivity index (χ0n) is 16.6. The molecule has 1 unspecified atom stereocenters. The van der Waals surface area contributed by atoms with E-state index < -0.39 is 5.82 Å². The number of cyclic esters (lactones) is 1. The first-order valence-electron chi connectivity index (χ1n) is 9.67. The summed E-state index contributed by atoms with van der Waals surface area (Å²) in [4.78, 5) is 25.5. The molecule has 2 fully saturated rings. The van der Waals surface area contributed by atoms with Crippen LogP contribution in [-0.4, -0.2) is 40.4 Å². The lowest BCUT2D eigenvalue weighted by atomic mass is 10.1. The SMILES string of the molecule is CCN1C(=O)OCC1Cc1ccc(Oc2ccc(/C=C3\SC(=S)NC3=O)c(F)c2)cc1.